The molecule has 0 radical (unpaired) electrons. The number of hydrogen-bond acceptors (Lipinski definition) is 7. The highest BCUT2D eigenvalue weighted by atomic mass is 19.1. The van der Waals surface area contributed by atoms with Gasteiger partial charge in [-0.05, 0) is 29.8 Å². The summed E-state index contributed by atoms with van der Waals surface area (Å²) >= 11 is 0. The van der Waals surface area contributed by atoms with Crippen LogP contribution in [0.25, 0.3) is 0 Å². The molecule has 4 unspecified atom stereocenters. The van der Waals surface area contributed by atoms with Crippen LogP contribution < -0.4 is 14.8 Å². The van der Waals surface area contributed by atoms with Gasteiger partial charge in [-0.2, -0.15) is 0 Å². The third-order valence-electron chi connectivity index (χ3n) is 6.78. The smallest absolute Gasteiger partial charge is 0.247 e. The van der Waals surface area contributed by atoms with Crippen molar-refractivity contribution in [3.05, 3.63) is 70.6 Å². The molecular weight excluding hydrogens is 483 g/mol. The maximum absolute atomic E-state index is 14.5. The van der Waals surface area contributed by atoms with Gasteiger partial charge in [0, 0.05) is 36.2 Å². The molecule has 9 nitrogen and oxygen atoms in total. The second kappa shape index (κ2) is 11.3. The third kappa shape index (κ3) is 5.04. The first-order chi connectivity index (χ1) is 17.8. The van der Waals surface area contributed by atoms with Gasteiger partial charge in [0.15, 0.2) is 11.5 Å². The highest BCUT2D eigenvalue weighted by molar-refractivity contribution is 5.96. The summed E-state index contributed by atoms with van der Waals surface area (Å²) in [6, 6.07) is 8.36. The standard InChI is InChI=1S/C27H31FN2O7/c1-3-22(33)30(13-16-6-4-5-7-19(16)28)20-12-18(27(35)29-8-9-31)23-17-10-15(14-32)11-21(36-2)25(17)37-26(23)24(20)34/h4-7,10-12,20,23-24,26,31-32,34H,3,8-9,13-14H2,1-2H3,(H,29,35). The van der Waals surface area contributed by atoms with Crippen LogP contribution in [0.1, 0.15) is 36.0 Å². The molecule has 1 aliphatic heterocycles. The normalized spacial score (nSPS) is 21.8. The summed E-state index contributed by atoms with van der Waals surface area (Å²) in [4.78, 5) is 27.7. The fourth-order valence-electron chi connectivity index (χ4n) is 4.99. The van der Waals surface area contributed by atoms with Crippen LogP contribution in [0.3, 0.4) is 0 Å². The average molecular weight is 515 g/mol. The predicted molar refractivity (Wildman–Crippen MR) is 131 cm³/mol. The summed E-state index contributed by atoms with van der Waals surface area (Å²) in [5, 5.41) is 33.2. The molecule has 4 rings (SSSR count). The van der Waals surface area contributed by atoms with E-state index in [1.165, 1.54) is 24.2 Å². The number of carbonyl (C=O) groups is 2. The van der Waals surface area contributed by atoms with Crippen molar-refractivity contribution in [1.29, 1.82) is 0 Å². The second-order valence-electron chi connectivity index (χ2n) is 8.98. The number of aliphatic hydroxyl groups is 3. The van der Waals surface area contributed by atoms with Gasteiger partial charge >= 0.3 is 0 Å². The Bertz CT molecular complexity index is 1200. The Morgan fingerprint density at radius 3 is 2.62 bits per heavy atom. The van der Waals surface area contributed by atoms with Crippen LogP contribution in [0.2, 0.25) is 0 Å². The van der Waals surface area contributed by atoms with Crippen LogP contribution in [-0.4, -0.2) is 70.5 Å². The molecule has 1 aliphatic carbocycles. The summed E-state index contributed by atoms with van der Waals surface area (Å²) in [5.41, 5.74) is 1.59. The van der Waals surface area contributed by atoms with E-state index in [0.717, 1.165) is 0 Å². The van der Waals surface area contributed by atoms with Gasteiger partial charge in [0.1, 0.15) is 18.0 Å². The van der Waals surface area contributed by atoms with Crippen LogP contribution >= 0.6 is 0 Å². The van der Waals surface area contributed by atoms with E-state index in [1.807, 2.05) is 0 Å². The molecule has 4 atom stereocenters. The monoisotopic (exact) mass is 514 g/mol. The fourth-order valence-corrected chi connectivity index (χ4v) is 4.99. The summed E-state index contributed by atoms with van der Waals surface area (Å²) in [7, 11) is 1.45. The van der Waals surface area contributed by atoms with E-state index in [-0.39, 0.29) is 49.8 Å². The number of aliphatic hydroxyl groups excluding tert-OH is 3. The van der Waals surface area contributed by atoms with E-state index in [9.17, 15) is 29.3 Å². The number of methoxy groups -OCH3 is 1. The van der Waals surface area contributed by atoms with Crippen molar-refractivity contribution < 1.29 is 38.8 Å². The van der Waals surface area contributed by atoms with Gasteiger partial charge in [0.05, 0.1) is 32.3 Å². The Morgan fingerprint density at radius 2 is 1.97 bits per heavy atom. The zero-order chi connectivity index (χ0) is 26.7. The molecule has 2 amide bonds. The van der Waals surface area contributed by atoms with Crippen LogP contribution in [0.4, 0.5) is 4.39 Å². The minimum absolute atomic E-state index is 0.00132. The number of benzene rings is 2. The van der Waals surface area contributed by atoms with E-state index in [2.05, 4.69) is 5.32 Å². The van der Waals surface area contributed by atoms with Crippen LogP contribution in [0.15, 0.2) is 48.0 Å². The number of fused-ring (bicyclic) bond motifs is 3. The number of ether oxygens (including phenoxy) is 2. The summed E-state index contributed by atoms with van der Waals surface area (Å²) in [6.45, 7) is 0.995. The molecule has 0 fully saturated rings. The van der Waals surface area contributed by atoms with Gasteiger partial charge in [-0.1, -0.05) is 25.1 Å². The molecule has 1 heterocycles. The van der Waals surface area contributed by atoms with Crippen LogP contribution in [0, 0.1) is 5.82 Å². The number of halogens is 1. The van der Waals surface area contributed by atoms with Gasteiger partial charge in [0.25, 0.3) is 0 Å². The summed E-state index contributed by atoms with van der Waals surface area (Å²) < 4.78 is 26.1. The SMILES string of the molecule is CCC(=O)N(Cc1ccccc1F)C1C=C(C(=O)NCCO)C2c3cc(CO)cc(OC)c3OC2C1O. The van der Waals surface area contributed by atoms with Gasteiger partial charge in [0.2, 0.25) is 11.8 Å². The number of nitrogens with one attached hydrogen (secondary N) is 1. The summed E-state index contributed by atoms with van der Waals surface area (Å²) in [6.07, 6.45) is -0.615. The molecule has 0 bridgehead atoms. The molecule has 2 aromatic rings. The molecule has 4 N–H and O–H groups in total. The zero-order valence-electron chi connectivity index (χ0n) is 20.7. The first-order valence-corrected chi connectivity index (χ1v) is 12.1. The number of amides is 2. The maximum atomic E-state index is 14.5. The Labute approximate surface area is 214 Å². The number of carbonyl (C=O) groups excluding carboxylic acids is 2. The van der Waals surface area contributed by atoms with Gasteiger partial charge < -0.3 is 35.0 Å². The third-order valence-corrected chi connectivity index (χ3v) is 6.78. The first-order valence-electron chi connectivity index (χ1n) is 12.1. The van der Waals surface area contributed by atoms with Crippen molar-refractivity contribution in [3.63, 3.8) is 0 Å². The van der Waals surface area contributed by atoms with Crippen molar-refractivity contribution in [2.75, 3.05) is 20.3 Å². The lowest BCUT2D eigenvalue weighted by Crippen LogP contribution is -2.55. The average Bonchev–Trinajstić information content (AvgIpc) is 3.31. The lowest BCUT2D eigenvalue weighted by Gasteiger charge is -2.40. The van der Waals surface area contributed by atoms with Crippen molar-refractivity contribution in [2.45, 2.75) is 50.7 Å². The fraction of sp³-hybridized carbons (Fsp3) is 0.407. The van der Waals surface area contributed by atoms with E-state index >= 15 is 0 Å². The Hall–Kier alpha value is -3.47. The lowest BCUT2D eigenvalue weighted by atomic mass is 9.77. The molecule has 37 heavy (non-hydrogen) atoms. The highest BCUT2D eigenvalue weighted by Crippen LogP contribution is 2.51. The van der Waals surface area contributed by atoms with Crippen molar-refractivity contribution in [2.24, 2.45) is 0 Å². The first kappa shape index (κ1) is 26.6. The Morgan fingerprint density at radius 1 is 1.22 bits per heavy atom. The molecule has 0 saturated carbocycles. The van der Waals surface area contributed by atoms with Gasteiger partial charge in [-0.3, -0.25) is 9.59 Å². The largest absolute Gasteiger partial charge is 0.493 e. The predicted octanol–water partition coefficient (Wildman–Crippen LogP) is 1.39. The topological polar surface area (TPSA) is 129 Å². The molecule has 198 valence electrons. The van der Waals surface area contributed by atoms with Crippen molar-refractivity contribution in [1.82, 2.24) is 10.2 Å². The minimum atomic E-state index is -1.27. The Kier molecular flexibility index (Phi) is 8.11. The number of hydrogen-bond donors (Lipinski definition) is 4. The molecule has 0 spiro atoms. The van der Waals surface area contributed by atoms with Crippen LogP contribution in [0.5, 0.6) is 11.5 Å². The molecule has 0 aromatic heterocycles. The quantitative estimate of drug-likeness (QED) is 0.398. The zero-order valence-corrected chi connectivity index (χ0v) is 20.7. The van der Waals surface area contributed by atoms with Crippen LogP contribution in [-0.2, 0) is 22.7 Å². The lowest BCUT2D eigenvalue weighted by molar-refractivity contribution is -0.137. The molecule has 10 heteroatoms. The maximum Gasteiger partial charge on any atom is 0.247 e. The van der Waals surface area contributed by atoms with E-state index in [1.54, 1.807) is 37.3 Å². The highest BCUT2D eigenvalue weighted by Gasteiger charge is 2.51. The van der Waals surface area contributed by atoms with Crippen molar-refractivity contribution >= 4 is 11.8 Å². The number of rotatable bonds is 9. The van der Waals surface area contributed by atoms with E-state index in [0.29, 0.717) is 22.6 Å². The Balaban J connectivity index is 1.82. The summed E-state index contributed by atoms with van der Waals surface area (Å²) in [5.74, 6) is -1.39. The van der Waals surface area contributed by atoms with Gasteiger partial charge in [-0.25, -0.2) is 4.39 Å². The molecular formula is C27H31FN2O7. The second-order valence-corrected chi connectivity index (χ2v) is 8.98. The minimum Gasteiger partial charge on any atom is -0.493 e. The van der Waals surface area contributed by atoms with Crippen molar-refractivity contribution in [3.8, 4) is 11.5 Å². The molecule has 0 saturated heterocycles. The van der Waals surface area contributed by atoms with Gasteiger partial charge in [-0.15, -0.1) is 0 Å². The van der Waals surface area contributed by atoms with E-state index < -0.39 is 35.9 Å². The molecule has 2 aliphatic rings. The number of nitrogens with zero attached hydrogens (tertiary/aromatic N) is 1. The molecule has 2 aromatic carbocycles. The van der Waals surface area contributed by atoms with E-state index in [4.69, 9.17) is 9.47 Å².